The zero-order chi connectivity index (χ0) is 15.7. The van der Waals surface area contributed by atoms with Gasteiger partial charge in [-0.2, -0.15) is 0 Å². The van der Waals surface area contributed by atoms with Gasteiger partial charge in [0.25, 0.3) is 0 Å². The van der Waals surface area contributed by atoms with Gasteiger partial charge in [0, 0.05) is 25.0 Å². The summed E-state index contributed by atoms with van der Waals surface area (Å²) < 4.78 is 36.1. The molecule has 0 unspecified atom stereocenters. The molecule has 2 atom stereocenters. The highest BCUT2D eigenvalue weighted by atomic mass is 32.2. The molecular weight excluding hydrogens is 307 g/mol. The molecule has 22 heavy (non-hydrogen) atoms. The van der Waals surface area contributed by atoms with Crippen molar-refractivity contribution in [3.63, 3.8) is 0 Å². The van der Waals surface area contributed by atoms with Gasteiger partial charge in [-0.25, -0.2) is 17.6 Å². The van der Waals surface area contributed by atoms with Gasteiger partial charge in [0.2, 0.25) is 0 Å². The van der Waals surface area contributed by atoms with E-state index in [1.54, 1.807) is 11.0 Å². The summed E-state index contributed by atoms with van der Waals surface area (Å²) in [5.74, 6) is 0.0364. The van der Waals surface area contributed by atoms with Crippen LogP contribution in [0.15, 0.2) is 24.3 Å². The van der Waals surface area contributed by atoms with Crippen molar-refractivity contribution in [2.24, 2.45) is 0 Å². The number of hydrogen-bond acceptors (Lipinski definition) is 3. The van der Waals surface area contributed by atoms with E-state index in [4.69, 9.17) is 0 Å². The average molecular weight is 326 g/mol. The minimum Gasteiger partial charge on any atom is -0.334 e. The summed E-state index contributed by atoms with van der Waals surface area (Å²) in [6.07, 6.45) is 1.27. The van der Waals surface area contributed by atoms with Gasteiger partial charge in [-0.05, 0) is 30.5 Å². The largest absolute Gasteiger partial charge is 0.334 e. The predicted octanol–water partition coefficient (Wildman–Crippen LogP) is 1.51. The lowest BCUT2D eigenvalue weighted by Gasteiger charge is -2.20. The van der Waals surface area contributed by atoms with Crippen molar-refractivity contribution in [3.05, 3.63) is 35.6 Å². The summed E-state index contributed by atoms with van der Waals surface area (Å²) in [4.78, 5) is 13.9. The highest BCUT2D eigenvalue weighted by molar-refractivity contribution is 7.91. The zero-order valence-electron chi connectivity index (χ0n) is 12.2. The molecule has 1 aromatic carbocycles. The highest BCUT2D eigenvalue weighted by Gasteiger charge is 2.32. The molecule has 2 heterocycles. The van der Waals surface area contributed by atoms with Crippen molar-refractivity contribution in [1.82, 2.24) is 10.2 Å². The van der Waals surface area contributed by atoms with Crippen LogP contribution in [0.25, 0.3) is 0 Å². The Balaban J connectivity index is 1.57. The first-order chi connectivity index (χ1) is 10.4. The Morgan fingerprint density at radius 3 is 2.82 bits per heavy atom. The lowest BCUT2D eigenvalue weighted by Crippen LogP contribution is -2.44. The first-order valence-electron chi connectivity index (χ1n) is 7.44. The number of hydrogen-bond donors (Lipinski definition) is 1. The highest BCUT2D eigenvalue weighted by Crippen LogP contribution is 2.27. The number of benzene rings is 1. The van der Waals surface area contributed by atoms with E-state index in [1.165, 1.54) is 12.1 Å². The van der Waals surface area contributed by atoms with Gasteiger partial charge in [-0.3, -0.25) is 0 Å². The Morgan fingerprint density at radius 1 is 1.32 bits per heavy atom. The molecular formula is C15H19FN2O3S. The average Bonchev–Trinajstić information content (AvgIpc) is 3.06. The van der Waals surface area contributed by atoms with Crippen molar-refractivity contribution in [1.29, 1.82) is 0 Å². The smallest absolute Gasteiger partial charge is 0.317 e. The normalized spacial score (nSPS) is 27.0. The second-order valence-electron chi connectivity index (χ2n) is 6.04. The van der Waals surface area contributed by atoms with Crippen LogP contribution in [0.5, 0.6) is 0 Å². The fraction of sp³-hybridized carbons (Fsp3) is 0.533. The van der Waals surface area contributed by atoms with Crippen LogP contribution in [0.1, 0.15) is 24.3 Å². The van der Waals surface area contributed by atoms with E-state index >= 15 is 0 Å². The van der Waals surface area contributed by atoms with Gasteiger partial charge in [-0.15, -0.1) is 0 Å². The number of urea groups is 1. The van der Waals surface area contributed by atoms with E-state index in [0.717, 1.165) is 12.0 Å². The molecule has 3 rings (SSSR count). The molecule has 1 N–H and O–H groups in total. The van der Waals surface area contributed by atoms with E-state index < -0.39 is 9.84 Å². The molecule has 2 aliphatic heterocycles. The van der Waals surface area contributed by atoms with Gasteiger partial charge in [0.15, 0.2) is 9.84 Å². The van der Waals surface area contributed by atoms with E-state index in [1.807, 2.05) is 6.07 Å². The second kappa shape index (κ2) is 5.87. The van der Waals surface area contributed by atoms with E-state index in [-0.39, 0.29) is 35.3 Å². The fourth-order valence-electron chi connectivity index (χ4n) is 3.15. The molecule has 0 radical (unpaired) electrons. The quantitative estimate of drug-likeness (QED) is 0.896. The zero-order valence-corrected chi connectivity index (χ0v) is 13.0. The molecule has 0 saturated carbocycles. The Bertz CT molecular complexity index is 677. The van der Waals surface area contributed by atoms with Crippen LogP contribution in [-0.2, 0) is 9.84 Å². The number of halogens is 1. The number of nitrogens with one attached hydrogen (secondary N) is 1. The Labute approximate surface area is 129 Å². The number of carbonyl (C=O) groups excluding carboxylic acids is 1. The molecule has 5 nitrogen and oxygen atoms in total. The number of nitrogens with zero attached hydrogens (tertiary/aromatic N) is 1. The number of rotatable bonds is 2. The topological polar surface area (TPSA) is 66.5 Å². The van der Waals surface area contributed by atoms with E-state index in [2.05, 4.69) is 5.32 Å². The molecule has 2 fully saturated rings. The van der Waals surface area contributed by atoms with Gasteiger partial charge < -0.3 is 10.2 Å². The summed E-state index contributed by atoms with van der Waals surface area (Å²) in [7, 11) is -3.00. The molecule has 2 saturated heterocycles. The molecule has 0 aromatic heterocycles. The fourth-order valence-corrected chi connectivity index (χ4v) is 4.83. The first-order valence-corrected chi connectivity index (χ1v) is 9.26. The van der Waals surface area contributed by atoms with Gasteiger partial charge >= 0.3 is 6.03 Å². The van der Waals surface area contributed by atoms with Crippen molar-refractivity contribution >= 4 is 15.9 Å². The second-order valence-corrected chi connectivity index (χ2v) is 8.26. The number of likely N-dealkylation sites (tertiary alicyclic amines) is 1. The van der Waals surface area contributed by atoms with Crippen LogP contribution < -0.4 is 5.32 Å². The molecule has 0 aliphatic carbocycles. The Morgan fingerprint density at radius 2 is 2.14 bits per heavy atom. The Kier molecular flexibility index (Phi) is 4.08. The van der Waals surface area contributed by atoms with Gasteiger partial charge in [-0.1, -0.05) is 12.1 Å². The van der Waals surface area contributed by atoms with Crippen LogP contribution in [0, 0.1) is 5.82 Å². The van der Waals surface area contributed by atoms with Crippen molar-refractivity contribution in [3.8, 4) is 0 Å². The maximum Gasteiger partial charge on any atom is 0.317 e. The maximum atomic E-state index is 13.3. The van der Waals surface area contributed by atoms with Gasteiger partial charge in [0.05, 0.1) is 11.5 Å². The molecule has 2 amide bonds. The van der Waals surface area contributed by atoms with E-state index in [0.29, 0.717) is 19.5 Å². The standard InChI is InChI=1S/C15H19FN2O3S/c16-13-3-1-2-11(8-13)12-4-6-18(9-12)15(19)17-14-5-7-22(20,21)10-14/h1-3,8,12,14H,4-7,9-10H2,(H,17,19)/t12-,14+/m0/s1. The van der Waals surface area contributed by atoms with Crippen LogP contribution in [0.2, 0.25) is 0 Å². The number of carbonyl (C=O) groups is 1. The lowest BCUT2D eigenvalue weighted by molar-refractivity contribution is 0.205. The minimum atomic E-state index is -3.00. The lowest BCUT2D eigenvalue weighted by atomic mass is 9.98. The summed E-state index contributed by atoms with van der Waals surface area (Å²) in [6, 6.07) is 5.96. The number of amides is 2. The van der Waals surface area contributed by atoms with Crippen LogP contribution in [0.4, 0.5) is 9.18 Å². The third-order valence-corrected chi connectivity index (χ3v) is 6.12. The minimum absolute atomic E-state index is 0.0277. The van der Waals surface area contributed by atoms with Crippen LogP contribution in [0.3, 0.4) is 0 Å². The molecule has 1 aromatic rings. The monoisotopic (exact) mass is 326 g/mol. The summed E-state index contributed by atoms with van der Waals surface area (Å²) in [5, 5.41) is 2.79. The first kappa shape index (κ1) is 15.3. The molecule has 2 aliphatic rings. The third kappa shape index (κ3) is 3.40. The summed E-state index contributed by atoms with van der Waals surface area (Å²) in [6.45, 7) is 1.14. The van der Waals surface area contributed by atoms with Crippen LogP contribution >= 0.6 is 0 Å². The predicted molar refractivity (Wildman–Crippen MR) is 80.9 cm³/mol. The summed E-state index contributed by atoms with van der Waals surface area (Å²) >= 11 is 0. The third-order valence-electron chi connectivity index (χ3n) is 4.36. The van der Waals surface area contributed by atoms with Crippen LogP contribution in [-0.4, -0.2) is 50.0 Å². The molecule has 7 heteroatoms. The Hall–Kier alpha value is -1.63. The SMILES string of the molecule is O=C(N[C@@H]1CCS(=O)(=O)C1)N1CC[C@H](c2cccc(F)c2)C1. The maximum absolute atomic E-state index is 13.3. The van der Waals surface area contributed by atoms with Gasteiger partial charge in [0.1, 0.15) is 5.82 Å². The number of sulfone groups is 1. The van der Waals surface area contributed by atoms with E-state index in [9.17, 15) is 17.6 Å². The van der Waals surface area contributed by atoms with Crippen molar-refractivity contribution in [2.75, 3.05) is 24.6 Å². The van der Waals surface area contributed by atoms with Crippen molar-refractivity contribution in [2.45, 2.75) is 24.8 Å². The molecule has 120 valence electrons. The van der Waals surface area contributed by atoms with Crippen molar-refractivity contribution < 1.29 is 17.6 Å². The summed E-state index contributed by atoms with van der Waals surface area (Å²) in [5.41, 5.74) is 0.902. The molecule has 0 spiro atoms. The molecule has 0 bridgehead atoms.